The van der Waals surface area contributed by atoms with Crippen molar-refractivity contribution in [3.63, 3.8) is 0 Å². The average Bonchev–Trinajstić information content (AvgIpc) is 3.13. The minimum absolute atomic E-state index is 0.200. The van der Waals surface area contributed by atoms with Gasteiger partial charge in [0.15, 0.2) is 17.5 Å². The Morgan fingerprint density at radius 1 is 1.06 bits per heavy atom. The van der Waals surface area contributed by atoms with Crippen molar-refractivity contribution in [2.24, 2.45) is 0 Å². The molecule has 8 heteroatoms. The van der Waals surface area contributed by atoms with Crippen LogP contribution in [0.3, 0.4) is 0 Å². The van der Waals surface area contributed by atoms with E-state index in [2.05, 4.69) is 0 Å². The van der Waals surface area contributed by atoms with Crippen LogP contribution in [0.5, 0.6) is 11.5 Å². The zero-order valence-corrected chi connectivity index (χ0v) is 21.5. The average molecular weight is 520 g/mol. The van der Waals surface area contributed by atoms with Gasteiger partial charge in [-0.25, -0.2) is 4.79 Å². The lowest BCUT2D eigenvalue weighted by Gasteiger charge is -2.23. The van der Waals surface area contributed by atoms with E-state index in [0.29, 0.717) is 40.7 Å². The van der Waals surface area contributed by atoms with Gasteiger partial charge in [-0.3, -0.25) is 9.69 Å². The zero-order chi connectivity index (χ0) is 25.7. The van der Waals surface area contributed by atoms with Crippen LogP contribution in [0.25, 0.3) is 6.08 Å². The fourth-order valence-electron chi connectivity index (χ4n) is 3.82. The quantitative estimate of drug-likeness (QED) is 0.274. The van der Waals surface area contributed by atoms with Crippen molar-refractivity contribution >= 4 is 46.3 Å². The Morgan fingerprint density at radius 2 is 1.78 bits per heavy atom. The van der Waals surface area contributed by atoms with Gasteiger partial charge in [-0.2, -0.15) is 0 Å². The number of amides is 1. The molecule has 3 aromatic carbocycles. The van der Waals surface area contributed by atoms with Gasteiger partial charge in [0, 0.05) is 0 Å². The molecule has 1 saturated heterocycles. The van der Waals surface area contributed by atoms with E-state index in [-0.39, 0.29) is 4.32 Å². The van der Waals surface area contributed by atoms with Crippen molar-refractivity contribution in [2.75, 3.05) is 6.61 Å². The molecule has 4 rings (SSSR count). The third kappa shape index (κ3) is 5.61. The first-order valence-electron chi connectivity index (χ1n) is 11.4. The fraction of sp³-hybridized carbons (Fsp3) is 0.179. The van der Waals surface area contributed by atoms with Crippen LogP contribution in [0.1, 0.15) is 35.2 Å². The molecule has 0 aromatic heterocycles. The van der Waals surface area contributed by atoms with Gasteiger partial charge in [-0.05, 0) is 54.3 Å². The van der Waals surface area contributed by atoms with E-state index < -0.39 is 17.9 Å². The summed E-state index contributed by atoms with van der Waals surface area (Å²) in [6.07, 6.45) is 1.69. The summed E-state index contributed by atoms with van der Waals surface area (Å²) in [7, 11) is 0. The molecular weight excluding hydrogens is 494 g/mol. The number of thiocarbonyl (C=S) groups is 1. The third-order valence-electron chi connectivity index (χ3n) is 5.64. The first kappa shape index (κ1) is 25.5. The maximum Gasteiger partial charge on any atom is 0.331 e. The van der Waals surface area contributed by atoms with Crippen LogP contribution >= 0.6 is 24.0 Å². The van der Waals surface area contributed by atoms with E-state index >= 15 is 0 Å². The topological polar surface area (TPSA) is 76.1 Å². The normalized spacial score (nSPS) is 15.3. The smallest absolute Gasteiger partial charge is 0.331 e. The van der Waals surface area contributed by atoms with E-state index in [1.165, 1.54) is 0 Å². The van der Waals surface area contributed by atoms with Gasteiger partial charge < -0.3 is 14.6 Å². The second-order valence-corrected chi connectivity index (χ2v) is 9.73. The molecule has 0 aliphatic carbocycles. The number of ether oxygens (including phenoxy) is 2. The molecule has 0 radical (unpaired) electrons. The predicted octanol–water partition coefficient (Wildman–Crippen LogP) is 6.00. The highest BCUT2D eigenvalue weighted by Gasteiger charge is 2.41. The molecule has 184 valence electrons. The lowest BCUT2D eigenvalue weighted by atomic mass is 10.1. The number of thioether (sulfide) groups is 1. The highest BCUT2D eigenvalue weighted by atomic mass is 32.2. The van der Waals surface area contributed by atoms with Crippen LogP contribution in [-0.2, 0) is 16.2 Å². The lowest BCUT2D eigenvalue weighted by Crippen LogP contribution is -2.37. The van der Waals surface area contributed by atoms with Gasteiger partial charge >= 0.3 is 5.97 Å². The summed E-state index contributed by atoms with van der Waals surface area (Å²) in [6.45, 7) is 4.77. The molecule has 1 heterocycles. The predicted molar refractivity (Wildman–Crippen MR) is 145 cm³/mol. The molecule has 1 aliphatic rings. The zero-order valence-electron chi connectivity index (χ0n) is 19.8. The number of hydrogen-bond acceptors (Lipinski definition) is 6. The van der Waals surface area contributed by atoms with Crippen molar-refractivity contribution in [3.05, 3.63) is 100.0 Å². The molecule has 1 unspecified atom stereocenters. The van der Waals surface area contributed by atoms with Gasteiger partial charge in [-0.15, -0.1) is 0 Å². The lowest BCUT2D eigenvalue weighted by molar-refractivity contribution is -0.145. The first-order chi connectivity index (χ1) is 17.4. The molecule has 1 N–H and O–H groups in total. The van der Waals surface area contributed by atoms with E-state index in [0.717, 1.165) is 27.8 Å². The Kier molecular flexibility index (Phi) is 8.07. The molecule has 1 amide bonds. The van der Waals surface area contributed by atoms with Crippen molar-refractivity contribution in [3.8, 4) is 11.5 Å². The van der Waals surface area contributed by atoms with Crippen LogP contribution in [0, 0.1) is 6.92 Å². The SMILES string of the molecule is CCOc1cc(/C=C2\SC(=S)N(C(C(=O)O)c3ccccc3)C2=O)ccc1OCc1ccccc1C. The Hall–Kier alpha value is -3.62. The molecular formula is C28H25NO5S2. The molecule has 36 heavy (non-hydrogen) atoms. The molecule has 3 aromatic rings. The molecule has 0 saturated carbocycles. The second kappa shape index (κ2) is 11.4. The van der Waals surface area contributed by atoms with Crippen LogP contribution in [-0.4, -0.2) is 32.8 Å². The Balaban J connectivity index is 1.58. The summed E-state index contributed by atoms with van der Waals surface area (Å²) in [4.78, 5) is 26.8. The number of aryl methyl sites for hydroxylation is 1. The van der Waals surface area contributed by atoms with Gasteiger partial charge in [-0.1, -0.05) is 84.6 Å². The highest BCUT2D eigenvalue weighted by molar-refractivity contribution is 8.26. The van der Waals surface area contributed by atoms with Gasteiger partial charge in [0.05, 0.1) is 11.5 Å². The van der Waals surface area contributed by atoms with Crippen LogP contribution in [0.2, 0.25) is 0 Å². The molecule has 1 atom stereocenters. The minimum Gasteiger partial charge on any atom is -0.490 e. The van der Waals surface area contributed by atoms with Gasteiger partial charge in [0.1, 0.15) is 10.9 Å². The maximum atomic E-state index is 13.2. The number of benzene rings is 3. The van der Waals surface area contributed by atoms with Gasteiger partial charge in [0.2, 0.25) is 0 Å². The van der Waals surface area contributed by atoms with Crippen LogP contribution in [0.15, 0.2) is 77.7 Å². The number of nitrogens with zero attached hydrogens (tertiary/aromatic N) is 1. The number of carboxylic acid groups (broad SMARTS) is 1. The number of rotatable bonds is 9. The third-order valence-corrected chi connectivity index (χ3v) is 6.97. The van der Waals surface area contributed by atoms with Crippen molar-refractivity contribution in [1.82, 2.24) is 4.90 Å². The van der Waals surface area contributed by atoms with Gasteiger partial charge in [0.25, 0.3) is 5.91 Å². The first-order valence-corrected chi connectivity index (χ1v) is 12.6. The number of aliphatic carboxylic acids is 1. The van der Waals surface area contributed by atoms with E-state index in [9.17, 15) is 14.7 Å². The Labute approximate surface area is 219 Å². The number of carbonyl (C=O) groups is 2. The minimum atomic E-state index is -1.19. The maximum absolute atomic E-state index is 13.2. The summed E-state index contributed by atoms with van der Waals surface area (Å²) < 4.78 is 12.0. The van der Waals surface area contributed by atoms with E-state index in [1.807, 2.05) is 44.2 Å². The number of carboxylic acids is 1. The van der Waals surface area contributed by atoms with E-state index in [4.69, 9.17) is 21.7 Å². The fourth-order valence-corrected chi connectivity index (χ4v) is 5.13. The summed E-state index contributed by atoms with van der Waals surface area (Å²) in [5, 5.41) is 9.86. The molecule has 6 nitrogen and oxygen atoms in total. The number of carbonyl (C=O) groups excluding carboxylic acids is 1. The Morgan fingerprint density at radius 3 is 2.47 bits per heavy atom. The largest absolute Gasteiger partial charge is 0.490 e. The molecule has 0 spiro atoms. The standard InChI is InChI=1S/C28H25NO5S2/c1-3-33-23-15-19(13-14-22(23)34-17-21-12-8-7-9-18(21)2)16-24-26(30)29(28(35)36-24)25(27(31)32)20-10-5-4-6-11-20/h4-16,25H,3,17H2,1-2H3,(H,31,32)/b24-16-. The highest BCUT2D eigenvalue weighted by Crippen LogP contribution is 2.39. The summed E-state index contributed by atoms with van der Waals surface area (Å²) in [5.74, 6) is -0.436. The van der Waals surface area contributed by atoms with Crippen LogP contribution in [0.4, 0.5) is 0 Å². The molecule has 1 aliphatic heterocycles. The summed E-state index contributed by atoms with van der Waals surface area (Å²) in [5.41, 5.74) is 3.42. The summed E-state index contributed by atoms with van der Waals surface area (Å²) >= 11 is 6.49. The summed E-state index contributed by atoms with van der Waals surface area (Å²) in [6, 6.07) is 20.9. The number of hydrogen-bond donors (Lipinski definition) is 1. The van der Waals surface area contributed by atoms with Crippen molar-refractivity contribution in [1.29, 1.82) is 0 Å². The van der Waals surface area contributed by atoms with Crippen molar-refractivity contribution in [2.45, 2.75) is 26.5 Å². The Bertz CT molecular complexity index is 1320. The monoisotopic (exact) mass is 519 g/mol. The van der Waals surface area contributed by atoms with Crippen LogP contribution < -0.4 is 9.47 Å². The molecule has 0 bridgehead atoms. The second-order valence-electron chi connectivity index (χ2n) is 8.06. The van der Waals surface area contributed by atoms with Crippen molar-refractivity contribution < 1.29 is 24.2 Å². The molecule has 1 fully saturated rings. The van der Waals surface area contributed by atoms with E-state index in [1.54, 1.807) is 48.5 Å².